The van der Waals surface area contributed by atoms with Crippen molar-refractivity contribution >= 4 is 23.5 Å². The number of halogens is 1. The van der Waals surface area contributed by atoms with E-state index in [1.54, 1.807) is 0 Å². The van der Waals surface area contributed by atoms with Crippen molar-refractivity contribution in [2.75, 3.05) is 6.54 Å². The van der Waals surface area contributed by atoms with Gasteiger partial charge >= 0.3 is 5.97 Å². The van der Waals surface area contributed by atoms with E-state index in [2.05, 4.69) is 4.99 Å². The Labute approximate surface area is 85.5 Å². The number of alkyl halides is 1. The lowest BCUT2D eigenvalue weighted by Crippen LogP contribution is -2.46. The molecule has 0 bridgehead atoms. The van der Waals surface area contributed by atoms with Gasteiger partial charge < -0.3 is 27.4 Å². The fourth-order valence-electron chi connectivity index (χ4n) is 0.675. The first-order valence-electron chi connectivity index (χ1n) is 3.72. The van der Waals surface area contributed by atoms with Crippen molar-refractivity contribution in [3.05, 3.63) is 0 Å². The maximum atomic E-state index is 10.4. The molecule has 0 amide bonds. The minimum atomic E-state index is -1.36. The summed E-state index contributed by atoms with van der Waals surface area (Å²) in [5.74, 6) is -1.51. The molecule has 0 saturated heterocycles. The zero-order chi connectivity index (χ0) is 11.3. The number of rotatable bonds is 5. The van der Waals surface area contributed by atoms with Crippen molar-refractivity contribution in [1.29, 1.82) is 0 Å². The quantitative estimate of drug-likeness (QED) is 0.200. The van der Waals surface area contributed by atoms with Crippen molar-refractivity contribution < 1.29 is 15.0 Å². The van der Waals surface area contributed by atoms with Crippen LogP contribution in [0.4, 0.5) is 0 Å². The molecule has 0 aliphatic carbocycles. The predicted molar refractivity (Wildman–Crippen MR) is 51.9 cm³/mol. The average Bonchev–Trinajstić information content (AvgIpc) is 2.11. The lowest BCUT2D eigenvalue weighted by Gasteiger charge is -2.18. The van der Waals surface area contributed by atoms with E-state index in [-0.39, 0.29) is 12.5 Å². The lowest BCUT2D eigenvalue weighted by atomic mass is 10.1. The number of carboxylic acids is 1. The number of hydrogen-bond donors (Lipinski definition) is 5. The summed E-state index contributed by atoms with van der Waals surface area (Å²) in [7, 11) is 0. The zero-order valence-electron chi connectivity index (χ0n) is 7.30. The largest absolute Gasteiger partial charge is 0.480 e. The summed E-state index contributed by atoms with van der Waals surface area (Å²) < 4.78 is 0. The number of carboxylic acid groups (broad SMARTS) is 1. The van der Waals surface area contributed by atoms with Gasteiger partial charge in [-0.25, -0.2) is 0 Å². The van der Waals surface area contributed by atoms with Crippen molar-refractivity contribution in [3.63, 3.8) is 0 Å². The Hall–Kier alpha value is -1.05. The Bertz CT molecular complexity index is 231. The number of aliphatic imine (C=N–C) groups is 1. The molecular weight excluding hydrogens is 212 g/mol. The molecule has 0 aliphatic rings. The molecule has 82 valence electrons. The van der Waals surface area contributed by atoms with Crippen LogP contribution < -0.4 is 17.2 Å². The number of nitrogens with zero attached hydrogens (tertiary/aromatic N) is 1. The maximum Gasteiger partial charge on any atom is 0.322 e. The van der Waals surface area contributed by atoms with E-state index in [9.17, 15) is 9.90 Å². The summed E-state index contributed by atoms with van der Waals surface area (Å²) in [4.78, 5) is 13.9. The molecular formula is C6H13ClN4O3. The molecule has 14 heavy (non-hydrogen) atoms. The lowest BCUT2D eigenvalue weighted by molar-refractivity contribution is -0.139. The third-order valence-electron chi connectivity index (χ3n) is 1.46. The standard InChI is InChI=1S/C6H13ClN4O3/c7-3(4(8)5(13)14)2(12)1-11-6(9)10/h2-4,12H,1,8H2,(H,13,14)(H4,9,10,11)/t2?,3?,4-/m0/s1. The van der Waals surface area contributed by atoms with Crippen LogP contribution in [0.3, 0.4) is 0 Å². The third kappa shape index (κ3) is 4.26. The Kier molecular flexibility index (Phi) is 5.21. The maximum absolute atomic E-state index is 10.4. The average molecular weight is 225 g/mol. The number of aliphatic hydroxyl groups excluding tert-OH is 1. The Morgan fingerprint density at radius 1 is 1.50 bits per heavy atom. The molecule has 0 heterocycles. The second kappa shape index (κ2) is 5.63. The molecule has 0 aromatic heterocycles. The minimum absolute atomic E-state index is 0.183. The van der Waals surface area contributed by atoms with Gasteiger partial charge in [-0.05, 0) is 0 Å². The monoisotopic (exact) mass is 224 g/mol. The van der Waals surface area contributed by atoms with Gasteiger partial charge in [0, 0.05) is 0 Å². The molecule has 0 aliphatic heterocycles. The summed E-state index contributed by atoms with van der Waals surface area (Å²) >= 11 is 5.55. The summed E-state index contributed by atoms with van der Waals surface area (Å²) in [6.45, 7) is -0.183. The summed E-state index contributed by atoms with van der Waals surface area (Å²) in [5.41, 5.74) is 15.2. The van der Waals surface area contributed by atoms with Gasteiger partial charge in [-0.3, -0.25) is 9.79 Å². The molecule has 3 atom stereocenters. The van der Waals surface area contributed by atoms with Gasteiger partial charge in [0.25, 0.3) is 0 Å². The van der Waals surface area contributed by atoms with Gasteiger partial charge in [0.15, 0.2) is 5.96 Å². The van der Waals surface area contributed by atoms with Gasteiger partial charge in [-0.1, -0.05) is 0 Å². The van der Waals surface area contributed by atoms with E-state index in [0.29, 0.717) is 0 Å². The van der Waals surface area contributed by atoms with Gasteiger partial charge in [0.05, 0.1) is 18.0 Å². The van der Waals surface area contributed by atoms with Crippen LogP contribution in [0.1, 0.15) is 0 Å². The van der Waals surface area contributed by atoms with E-state index in [0.717, 1.165) is 0 Å². The summed E-state index contributed by atoms with van der Waals surface area (Å²) in [5, 5.41) is 16.6. The molecule has 0 aromatic rings. The highest BCUT2D eigenvalue weighted by atomic mass is 35.5. The Balaban J connectivity index is 4.18. The Morgan fingerprint density at radius 2 is 2.00 bits per heavy atom. The molecule has 0 rings (SSSR count). The highest BCUT2D eigenvalue weighted by Crippen LogP contribution is 2.07. The number of nitrogens with two attached hydrogens (primary N) is 3. The number of carbonyl (C=O) groups is 1. The van der Waals surface area contributed by atoms with Crippen LogP contribution in [-0.4, -0.2) is 46.2 Å². The molecule has 0 saturated carbocycles. The van der Waals surface area contributed by atoms with Crippen LogP contribution in [0.25, 0.3) is 0 Å². The van der Waals surface area contributed by atoms with Crippen LogP contribution in [0.5, 0.6) is 0 Å². The van der Waals surface area contributed by atoms with Crippen molar-refractivity contribution in [1.82, 2.24) is 0 Å². The zero-order valence-corrected chi connectivity index (χ0v) is 8.05. The Morgan fingerprint density at radius 3 is 2.36 bits per heavy atom. The number of guanidine groups is 1. The van der Waals surface area contributed by atoms with Gasteiger partial charge in [0.2, 0.25) is 0 Å². The van der Waals surface area contributed by atoms with Crippen molar-refractivity contribution in [3.8, 4) is 0 Å². The SMILES string of the molecule is NC(N)=NCC(O)C(Cl)[C@H](N)C(=O)O. The minimum Gasteiger partial charge on any atom is -0.480 e. The fraction of sp³-hybridized carbons (Fsp3) is 0.667. The predicted octanol–water partition coefficient (Wildman–Crippen LogP) is -2.36. The molecule has 0 aromatic carbocycles. The summed E-state index contributed by atoms with van der Waals surface area (Å²) in [6.07, 6.45) is -1.20. The first-order valence-corrected chi connectivity index (χ1v) is 4.15. The van der Waals surface area contributed by atoms with Crippen LogP contribution in [-0.2, 0) is 4.79 Å². The molecule has 7 nitrogen and oxygen atoms in total. The van der Waals surface area contributed by atoms with Crippen LogP contribution in [0.15, 0.2) is 4.99 Å². The van der Waals surface area contributed by atoms with E-state index < -0.39 is 23.5 Å². The highest BCUT2D eigenvalue weighted by Gasteiger charge is 2.28. The first-order chi connectivity index (χ1) is 6.36. The van der Waals surface area contributed by atoms with Crippen molar-refractivity contribution in [2.24, 2.45) is 22.2 Å². The molecule has 0 radical (unpaired) electrons. The number of aliphatic hydroxyl groups is 1. The van der Waals surface area contributed by atoms with Crippen molar-refractivity contribution in [2.45, 2.75) is 17.5 Å². The molecule has 8 heteroatoms. The fourth-order valence-corrected chi connectivity index (χ4v) is 0.863. The van der Waals surface area contributed by atoms with E-state index in [4.69, 9.17) is 33.9 Å². The molecule has 8 N–H and O–H groups in total. The molecule has 0 spiro atoms. The topological polar surface area (TPSA) is 148 Å². The van der Waals surface area contributed by atoms with E-state index in [1.165, 1.54) is 0 Å². The second-order valence-electron chi connectivity index (χ2n) is 2.64. The van der Waals surface area contributed by atoms with Crippen LogP contribution in [0.2, 0.25) is 0 Å². The van der Waals surface area contributed by atoms with E-state index >= 15 is 0 Å². The molecule has 2 unspecified atom stereocenters. The second-order valence-corrected chi connectivity index (χ2v) is 3.15. The van der Waals surface area contributed by atoms with Crippen LogP contribution >= 0.6 is 11.6 Å². The van der Waals surface area contributed by atoms with Gasteiger partial charge in [0.1, 0.15) is 6.04 Å². The summed E-state index contributed by atoms with van der Waals surface area (Å²) in [6, 6.07) is -1.36. The third-order valence-corrected chi connectivity index (χ3v) is 2.02. The normalized spacial score (nSPS) is 16.8. The van der Waals surface area contributed by atoms with Crippen LogP contribution in [0, 0.1) is 0 Å². The molecule has 0 fully saturated rings. The van der Waals surface area contributed by atoms with Gasteiger partial charge in [-0.15, -0.1) is 11.6 Å². The first kappa shape index (κ1) is 12.9. The van der Waals surface area contributed by atoms with Gasteiger partial charge in [-0.2, -0.15) is 0 Å². The number of aliphatic carboxylic acids is 1. The number of hydrogen-bond acceptors (Lipinski definition) is 4. The highest BCUT2D eigenvalue weighted by molar-refractivity contribution is 6.22. The van der Waals surface area contributed by atoms with E-state index in [1.807, 2.05) is 0 Å². The smallest absolute Gasteiger partial charge is 0.322 e.